The third-order valence-electron chi connectivity index (χ3n) is 17.0. The van der Waals surface area contributed by atoms with Crippen LogP contribution >= 0.6 is 0 Å². The number of aliphatic imine (C=N–C) groups is 1. The standard InChI is InChI=1S/C68H117N17O14/c1-15-41(13)55(84-62(94)48(30-38(7)8)78-63(95)51-25-21-27-85(51)67(99)49(31-39(9)10)80-58(90)44(69)32-43-22-18-17-19-23-43)64(96)75-33-52(87)76-45(24-20-26-73-68(71)72)60(92)83-54(40(11)12)65(97)79-47(29-37(5)6)61(93)81-50(35-86)59(91)74-34-53(88)82-56(42(14)16-2)66(98)77-46(57(70)89)28-36(3)4/h17-19,22-23,36-42,44-51,54-56,86H,15-16,20-21,24-35,69H2,1-14H3,(H2,70,89)(H,74,91)(H,75,96)(H,76,87)(H,77,98)(H,78,95)(H,79,97)(H,80,90)(H,81,93)(H,82,88)(H,83,92)(H,84,94)(H4,71,72,73)/t41-,42-,44-,45-,46-,47-,48-,49-,50-,51?,54-,55-,56-/m0/s1. The van der Waals surface area contributed by atoms with Gasteiger partial charge >= 0.3 is 0 Å². The van der Waals surface area contributed by atoms with Crippen LogP contribution < -0.4 is 81.4 Å². The van der Waals surface area contributed by atoms with Gasteiger partial charge in [0.25, 0.3) is 0 Å². The summed E-state index contributed by atoms with van der Waals surface area (Å²) in [6.45, 7) is 22.9. The maximum atomic E-state index is 14.3. The first-order valence-electron chi connectivity index (χ1n) is 34.8. The topological polar surface area (TPSA) is 494 Å². The van der Waals surface area contributed by atoms with Gasteiger partial charge in [0.1, 0.15) is 60.4 Å². The van der Waals surface area contributed by atoms with Crippen LogP contribution in [0.1, 0.15) is 167 Å². The number of nitrogens with zero attached hydrogens (tertiary/aromatic N) is 2. The Labute approximate surface area is 583 Å². The van der Waals surface area contributed by atoms with Gasteiger partial charge in [-0.15, -0.1) is 0 Å². The molecule has 99 heavy (non-hydrogen) atoms. The van der Waals surface area contributed by atoms with Gasteiger partial charge in [-0.05, 0) is 105 Å². The summed E-state index contributed by atoms with van der Waals surface area (Å²) in [5, 5.41) is 39.1. The normalized spacial score (nSPS) is 16.6. The van der Waals surface area contributed by atoms with Crippen LogP contribution in [0, 0.1) is 41.4 Å². The van der Waals surface area contributed by atoms with Crippen LogP contribution in [-0.2, 0) is 68.7 Å². The van der Waals surface area contributed by atoms with E-state index in [2.05, 4.69) is 63.5 Å². The average Bonchev–Trinajstić information content (AvgIpc) is 1.77. The molecule has 0 bridgehead atoms. The molecule has 0 radical (unpaired) electrons. The molecule has 1 aromatic carbocycles. The number of likely N-dealkylation sites (tertiary alicyclic amines) is 1. The molecule has 13 atom stereocenters. The summed E-state index contributed by atoms with van der Waals surface area (Å²) in [6, 6.07) is -3.85. The molecular weight excluding hydrogens is 1280 g/mol. The summed E-state index contributed by atoms with van der Waals surface area (Å²) in [5.41, 5.74) is 23.8. The van der Waals surface area contributed by atoms with E-state index in [1.54, 1.807) is 55.4 Å². The van der Waals surface area contributed by atoms with Crippen molar-refractivity contribution in [3.05, 3.63) is 35.9 Å². The molecule has 31 nitrogen and oxygen atoms in total. The molecule has 0 aromatic heterocycles. The lowest BCUT2D eigenvalue weighted by molar-refractivity contribution is -0.142. The van der Waals surface area contributed by atoms with Crippen molar-refractivity contribution in [2.24, 2.45) is 69.4 Å². The summed E-state index contributed by atoms with van der Waals surface area (Å²) < 4.78 is 0. The summed E-state index contributed by atoms with van der Waals surface area (Å²) in [7, 11) is 0. The zero-order chi connectivity index (χ0) is 75.0. The number of nitrogens with one attached hydrogen (secondary N) is 11. The lowest BCUT2D eigenvalue weighted by Crippen LogP contribution is -2.60. The molecule has 1 aliphatic rings. The number of amides is 13. The minimum Gasteiger partial charge on any atom is -0.394 e. The number of nitrogens with two attached hydrogens (primary N) is 4. The van der Waals surface area contributed by atoms with E-state index >= 15 is 0 Å². The summed E-state index contributed by atoms with van der Waals surface area (Å²) >= 11 is 0. The second kappa shape index (κ2) is 43.8. The molecular formula is C68H117N17O14. The smallest absolute Gasteiger partial charge is 0.245 e. The van der Waals surface area contributed by atoms with Gasteiger partial charge in [-0.2, -0.15) is 0 Å². The highest BCUT2D eigenvalue weighted by Gasteiger charge is 2.41. The number of primary amides is 1. The molecule has 1 fully saturated rings. The Balaban J connectivity index is 2.26. The molecule has 0 saturated carbocycles. The Morgan fingerprint density at radius 2 is 0.970 bits per heavy atom. The zero-order valence-electron chi connectivity index (χ0n) is 60.6. The third kappa shape index (κ3) is 31.1. The highest BCUT2D eigenvalue weighted by atomic mass is 16.3. The highest BCUT2D eigenvalue weighted by molar-refractivity contribution is 5.99. The molecule has 1 aromatic rings. The molecule has 31 heteroatoms. The summed E-state index contributed by atoms with van der Waals surface area (Å²) in [6.07, 6.45) is 2.60. The Hall–Kier alpha value is -8.48. The lowest BCUT2D eigenvalue weighted by atomic mass is 9.96. The Morgan fingerprint density at radius 1 is 0.515 bits per heavy atom. The highest BCUT2D eigenvalue weighted by Crippen LogP contribution is 2.22. The summed E-state index contributed by atoms with van der Waals surface area (Å²) in [4.78, 5) is 184. The van der Waals surface area contributed by atoms with Crippen molar-refractivity contribution in [1.29, 1.82) is 0 Å². The SMILES string of the molecule is CC[C@H](C)[C@H](NC(=O)CNC(=O)[C@H](CO)NC(=O)[C@H](CC(C)C)NC(=O)[C@@H](NC(=O)[C@H](CCCN=C(N)N)NC(=O)CNC(=O)[C@@H](NC(=O)[C@H](CC(C)C)NC(=O)C1CCCN1C(=O)[C@H](CC(C)C)NC(=O)[C@@H](N)Cc1ccccc1)[C@@H](C)CC)C(C)C)C(=O)N[C@@H](CC(C)C)C(N)=O. The van der Waals surface area contributed by atoms with E-state index in [1.165, 1.54) is 4.90 Å². The lowest BCUT2D eigenvalue weighted by Gasteiger charge is -2.31. The van der Waals surface area contributed by atoms with Crippen LogP contribution in [0.5, 0.6) is 0 Å². The van der Waals surface area contributed by atoms with Crippen molar-refractivity contribution >= 4 is 82.8 Å². The zero-order valence-corrected chi connectivity index (χ0v) is 60.6. The molecule has 558 valence electrons. The number of aliphatic hydroxyl groups is 1. The molecule has 2 rings (SSSR count). The molecule has 0 spiro atoms. The van der Waals surface area contributed by atoms with Gasteiger partial charge in [0.15, 0.2) is 5.96 Å². The van der Waals surface area contributed by atoms with Crippen LogP contribution in [0.3, 0.4) is 0 Å². The van der Waals surface area contributed by atoms with Gasteiger partial charge in [-0.1, -0.05) is 140 Å². The second-order valence-electron chi connectivity index (χ2n) is 27.9. The Bertz CT molecular complexity index is 2870. The largest absolute Gasteiger partial charge is 0.394 e. The predicted molar refractivity (Wildman–Crippen MR) is 374 cm³/mol. The average molecular weight is 1400 g/mol. The van der Waals surface area contributed by atoms with E-state index < -0.39 is 181 Å². The van der Waals surface area contributed by atoms with Gasteiger partial charge in [0.05, 0.1) is 25.7 Å². The predicted octanol–water partition coefficient (Wildman–Crippen LogP) is -1.39. The summed E-state index contributed by atoms with van der Waals surface area (Å²) in [5.74, 6) is -11.8. The Kier molecular flexibility index (Phi) is 38.3. The van der Waals surface area contributed by atoms with Gasteiger partial charge in [-0.25, -0.2) is 0 Å². The van der Waals surface area contributed by atoms with Crippen molar-refractivity contribution in [2.45, 2.75) is 234 Å². The van der Waals surface area contributed by atoms with Gasteiger partial charge in [-0.3, -0.25) is 67.3 Å². The molecule has 0 aliphatic carbocycles. The van der Waals surface area contributed by atoms with Gasteiger partial charge < -0.3 is 91.4 Å². The maximum absolute atomic E-state index is 14.3. The van der Waals surface area contributed by atoms with E-state index in [4.69, 9.17) is 22.9 Å². The second-order valence-corrected chi connectivity index (χ2v) is 27.9. The van der Waals surface area contributed by atoms with E-state index in [0.717, 1.165) is 5.56 Å². The van der Waals surface area contributed by atoms with Crippen LogP contribution in [0.4, 0.5) is 0 Å². The molecule has 1 saturated heterocycles. The first kappa shape index (κ1) is 86.6. The van der Waals surface area contributed by atoms with Gasteiger partial charge in [0.2, 0.25) is 76.8 Å². The fourth-order valence-electron chi connectivity index (χ4n) is 11.1. The van der Waals surface area contributed by atoms with Crippen LogP contribution in [-0.4, -0.2) is 192 Å². The van der Waals surface area contributed by atoms with Crippen molar-refractivity contribution < 1.29 is 67.4 Å². The van der Waals surface area contributed by atoms with Crippen molar-refractivity contribution in [1.82, 2.24) is 63.4 Å². The van der Waals surface area contributed by atoms with Gasteiger partial charge in [0, 0.05) is 13.1 Å². The molecule has 1 unspecified atom stereocenters. The number of carbonyl (C=O) groups is 13. The first-order valence-corrected chi connectivity index (χ1v) is 34.8. The number of guanidine groups is 1. The minimum atomic E-state index is -1.63. The molecule has 20 N–H and O–H groups in total. The maximum Gasteiger partial charge on any atom is 0.245 e. The van der Waals surface area contributed by atoms with Crippen molar-refractivity contribution in [3.8, 4) is 0 Å². The molecule has 1 aliphatic heterocycles. The van der Waals surface area contributed by atoms with Crippen LogP contribution in [0.25, 0.3) is 0 Å². The number of hydrogen-bond acceptors (Lipinski definition) is 16. The van der Waals surface area contributed by atoms with E-state index in [-0.39, 0.29) is 94.1 Å². The number of benzene rings is 1. The van der Waals surface area contributed by atoms with Crippen LogP contribution in [0.2, 0.25) is 0 Å². The fourth-order valence-corrected chi connectivity index (χ4v) is 11.1. The number of aliphatic hydroxyl groups excluding tert-OH is 1. The van der Waals surface area contributed by atoms with Crippen LogP contribution in [0.15, 0.2) is 35.3 Å². The number of hydrogen-bond donors (Lipinski definition) is 16. The molecule has 1 heterocycles. The molecule has 13 amide bonds. The van der Waals surface area contributed by atoms with E-state index in [1.807, 2.05) is 71.9 Å². The van der Waals surface area contributed by atoms with E-state index in [9.17, 15) is 67.4 Å². The van der Waals surface area contributed by atoms with E-state index in [0.29, 0.717) is 19.3 Å². The fraction of sp³-hybridized carbons (Fsp3) is 0.706. The van der Waals surface area contributed by atoms with Crippen molar-refractivity contribution in [3.63, 3.8) is 0 Å². The van der Waals surface area contributed by atoms with Crippen molar-refractivity contribution in [2.75, 3.05) is 32.8 Å². The quantitative estimate of drug-likeness (QED) is 0.0203. The monoisotopic (exact) mass is 1400 g/mol. The first-order chi connectivity index (χ1) is 46.4. The number of rotatable bonds is 44. The number of carbonyl (C=O) groups excluding carboxylic acids is 13. The Morgan fingerprint density at radius 3 is 1.49 bits per heavy atom. The third-order valence-corrected chi connectivity index (χ3v) is 17.0. The minimum absolute atomic E-state index is 0.00964.